The quantitative estimate of drug-likeness (QED) is 0.860. The average molecular weight is 305 g/mol. The maximum absolute atomic E-state index is 12.2. The molecule has 2 rings (SSSR count). The Morgan fingerprint density at radius 1 is 0.905 bits per heavy atom. The second-order valence-corrected chi connectivity index (χ2v) is 6.56. The largest absolute Gasteiger partial charge is 0.392 e. The van der Waals surface area contributed by atoms with Crippen LogP contribution in [0.5, 0.6) is 0 Å². The summed E-state index contributed by atoms with van der Waals surface area (Å²) in [7, 11) is -3.53. The van der Waals surface area contributed by atoms with Crippen LogP contribution in [0.3, 0.4) is 0 Å². The first-order chi connectivity index (χ1) is 10.0. The summed E-state index contributed by atoms with van der Waals surface area (Å²) >= 11 is 0. The van der Waals surface area contributed by atoms with E-state index in [-0.39, 0.29) is 18.0 Å². The number of nitrogens with one attached hydrogen (secondary N) is 1. The lowest BCUT2D eigenvalue weighted by atomic mass is 10.1. The smallest absolute Gasteiger partial charge is 0.240 e. The molecule has 0 amide bonds. The van der Waals surface area contributed by atoms with Crippen LogP contribution in [0.2, 0.25) is 0 Å². The van der Waals surface area contributed by atoms with Crippen LogP contribution in [0.25, 0.3) is 0 Å². The zero-order valence-corrected chi connectivity index (χ0v) is 12.7. The molecule has 0 aromatic heterocycles. The number of aryl methyl sites for hydroxylation is 1. The number of aliphatic hydroxyl groups excluding tert-OH is 1. The number of aliphatic hydroxyl groups is 1. The van der Waals surface area contributed by atoms with E-state index in [4.69, 9.17) is 5.11 Å². The van der Waals surface area contributed by atoms with Gasteiger partial charge in [-0.1, -0.05) is 43.3 Å². The lowest BCUT2D eigenvalue weighted by Gasteiger charge is -2.08. The molecular formula is C16H19NO3S. The van der Waals surface area contributed by atoms with Gasteiger partial charge in [-0.3, -0.25) is 0 Å². The van der Waals surface area contributed by atoms with E-state index in [1.54, 1.807) is 12.1 Å². The van der Waals surface area contributed by atoms with E-state index >= 15 is 0 Å². The fourth-order valence-corrected chi connectivity index (χ4v) is 2.95. The maximum Gasteiger partial charge on any atom is 0.240 e. The van der Waals surface area contributed by atoms with Gasteiger partial charge < -0.3 is 5.11 Å². The van der Waals surface area contributed by atoms with Gasteiger partial charge in [0, 0.05) is 6.54 Å². The summed E-state index contributed by atoms with van der Waals surface area (Å²) in [6, 6.07) is 14.0. The Morgan fingerprint density at radius 2 is 1.43 bits per heavy atom. The molecule has 0 saturated carbocycles. The van der Waals surface area contributed by atoms with Crippen LogP contribution in [0, 0.1) is 0 Å². The number of hydrogen-bond acceptors (Lipinski definition) is 3. The molecule has 21 heavy (non-hydrogen) atoms. The van der Waals surface area contributed by atoms with Gasteiger partial charge in [-0.2, -0.15) is 0 Å². The van der Waals surface area contributed by atoms with Crippen LogP contribution in [-0.4, -0.2) is 13.5 Å². The Morgan fingerprint density at radius 3 is 1.95 bits per heavy atom. The van der Waals surface area contributed by atoms with E-state index in [1.165, 1.54) is 17.7 Å². The topological polar surface area (TPSA) is 66.4 Å². The van der Waals surface area contributed by atoms with Gasteiger partial charge in [0.05, 0.1) is 11.5 Å². The van der Waals surface area contributed by atoms with Gasteiger partial charge >= 0.3 is 0 Å². The van der Waals surface area contributed by atoms with Gasteiger partial charge in [0.25, 0.3) is 0 Å². The zero-order valence-electron chi connectivity index (χ0n) is 11.9. The van der Waals surface area contributed by atoms with E-state index < -0.39 is 10.0 Å². The Bertz CT molecular complexity index is 676. The highest BCUT2D eigenvalue weighted by Gasteiger charge is 2.13. The highest BCUT2D eigenvalue weighted by molar-refractivity contribution is 7.89. The van der Waals surface area contributed by atoms with Gasteiger partial charge in [-0.15, -0.1) is 0 Å². The monoisotopic (exact) mass is 305 g/mol. The molecule has 0 heterocycles. The zero-order chi connectivity index (χ0) is 15.3. The standard InChI is InChI=1S/C16H19NO3S/c1-2-13-3-5-14(6-4-13)11-17-21(19,20)16-9-7-15(12-18)8-10-16/h3-10,17-18H,2,11-12H2,1H3. The summed E-state index contributed by atoms with van der Waals surface area (Å²) in [4.78, 5) is 0.199. The summed E-state index contributed by atoms with van der Waals surface area (Å²) in [6.07, 6.45) is 0.962. The third-order valence-corrected chi connectivity index (χ3v) is 4.73. The van der Waals surface area contributed by atoms with Gasteiger partial charge in [0.1, 0.15) is 0 Å². The summed E-state index contributed by atoms with van der Waals surface area (Å²) in [5.74, 6) is 0. The molecular weight excluding hydrogens is 286 g/mol. The molecule has 112 valence electrons. The van der Waals surface area contributed by atoms with Crippen molar-refractivity contribution >= 4 is 10.0 Å². The number of benzene rings is 2. The minimum atomic E-state index is -3.53. The molecule has 0 aliphatic carbocycles. The van der Waals surface area contributed by atoms with E-state index in [0.717, 1.165) is 12.0 Å². The molecule has 0 aliphatic rings. The van der Waals surface area contributed by atoms with E-state index in [1.807, 2.05) is 24.3 Å². The minimum Gasteiger partial charge on any atom is -0.392 e. The van der Waals surface area contributed by atoms with Crippen molar-refractivity contribution in [3.63, 3.8) is 0 Å². The molecule has 0 atom stereocenters. The Balaban J connectivity index is 2.05. The fourth-order valence-electron chi connectivity index (χ4n) is 1.93. The molecule has 4 nitrogen and oxygen atoms in total. The first-order valence-electron chi connectivity index (χ1n) is 6.82. The van der Waals surface area contributed by atoms with Crippen LogP contribution in [0.1, 0.15) is 23.6 Å². The van der Waals surface area contributed by atoms with Crippen LogP contribution >= 0.6 is 0 Å². The summed E-state index contributed by atoms with van der Waals surface area (Å²) in [5, 5.41) is 8.96. The first-order valence-corrected chi connectivity index (χ1v) is 8.31. The number of rotatable bonds is 6. The molecule has 5 heteroatoms. The average Bonchev–Trinajstić information content (AvgIpc) is 2.53. The minimum absolute atomic E-state index is 0.0997. The van der Waals surface area contributed by atoms with Crippen molar-refractivity contribution in [2.45, 2.75) is 31.4 Å². The van der Waals surface area contributed by atoms with Crippen molar-refractivity contribution in [2.75, 3.05) is 0 Å². The predicted molar refractivity (Wildman–Crippen MR) is 82.2 cm³/mol. The predicted octanol–water partition coefficient (Wildman–Crippen LogP) is 2.22. The summed E-state index contributed by atoms with van der Waals surface area (Å²) in [5.41, 5.74) is 2.83. The molecule has 2 aromatic carbocycles. The van der Waals surface area contributed by atoms with Crippen LogP contribution < -0.4 is 4.72 Å². The second-order valence-electron chi connectivity index (χ2n) is 4.80. The third kappa shape index (κ3) is 4.14. The Hall–Kier alpha value is -1.69. The Labute approximate surface area is 125 Å². The van der Waals surface area contributed by atoms with E-state index in [2.05, 4.69) is 11.6 Å². The highest BCUT2D eigenvalue weighted by atomic mass is 32.2. The third-order valence-electron chi connectivity index (χ3n) is 3.31. The van der Waals surface area contributed by atoms with Crippen molar-refractivity contribution < 1.29 is 13.5 Å². The van der Waals surface area contributed by atoms with Crippen molar-refractivity contribution in [1.29, 1.82) is 0 Å². The van der Waals surface area contributed by atoms with Crippen molar-refractivity contribution in [2.24, 2.45) is 0 Å². The van der Waals surface area contributed by atoms with Crippen LogP contribution in [0.4, 0.5) is 0 Å². The van der Waals surface area contributed by atoms with E-state index in [9.17, 15) is 8.42 Å². The van der Waals surface area contributed by atoms with Crippen molar-refractivity contribution in [3.8, 4) is 0 Å². The molecule has 2 N–H and O–H groups in total. The second kappa shape index (κ2) is 6.85. The molecule has 0 unspecified atom stereocenters. The normalized spacial score (nSPS) is 11.5. The molecule has 0 saturated heterocycles. The van der Waals surface area contributed by atoms with Crippen molar-refractivity contribution in [1.82, 2.24) is 4.72 Å². The van der Waals surface area contributed by atoms with Gasteiger partial charge in [0.2, 0.25) is 10.0 Å². The van der Waals surface area contributed by atoms with Gasteiger partial charge in [-0.25, -0.2) is 13.1 Å². The molecule has 0 radical (unpaired) electrons. The SMILES string of the molecule is CCc1ccc(CNS(=O)(=O)c2ccc(CO)cc2)cc1. The number of sulfonamides is 1. The molecule has 0 fully saturated rings. The van der Waals surface area contributed by atoms with Crippen LogP contribution in [0.15, 0.2) is 53.4 Å². The Kier molecular flexibility index (Phi) is 5.12. The highest BCUT2D eigenvalue weighted by Crippen LogP contribution is 2.12. The molecule has 0 spiro atoms. The molecule has 0 aliphatic heterocycles. The fraction of sp³-hybridized carbons (Fsp3) is 0.250. The summed E-state index contributed by atoms with van der Waals surface area (Å²) in [6.45, 7) is 2.24. The van der Waals surface area contributed by atoms with Gasteiger partial charge in [0.15, 0.2) is 0 Å². The van der Waals surface area contributed by atoms with E-state index in [0.29, 0.717) is 5.56 Å². The molecule has 2 aromatic rings. The summed E-state index contributed by atoms with van der Waals surface area (Å²) < 4.78 is 26.9. The lowest BCUT2D eigenvalue weighted by Crippen LogP contribution is -2.23. The van der Waals surface area contributed by atoms with Gasteiger partial charge in [-0.05, 0) is 35.2 Å². The van der Waals surface area contributed by atoms with Crippen molar-refractivity contribution in [3.05, 3.63) is 65.2 Å². The molecule has 0 bridgehead atoms. The number of hydrogen-bond donors (Lipinski definition) is 2. The van der Waals surface area contributed by atoms with Crippen LogP contribution in [-0.2, 0) is 29.6 Å². The lowest BCUT2D eigenvalue weighted by molar-refractivity contribution is 0.282. The maximum atomic E-state index is 12.2. The first kappa shape index (κ1) is 15.7.